The summed E-state index contributed by atoms with van der Waals surface area (Å²) in [6.45, 7) is 11.5. The van der Waals surface area contributed by atoms with Crippen LogP contribution < -0.4 is 22.9 Å². The number of carbonyl (C=O) groups is 4. The van der Waals surface area contributed by atoms with Crippen molar-refractivity contribution in [3.05, 3.63) is 35.9 Å². The van der Waals surface area contributed by atoms with Gasteiger partial charge in [0.15, 0.2) is 0 Å². The van der Waals surface area contributed by atoms with Gasteiger partial charge in [0.2, 0.25) is 0 Å². The summed E-state index contributed by atoms with van der Waals surface area (Å²) in [5, 5.41) is 33.5. The van der Waals surface area contributed by atoms with Crippen LogP contribution in [0.1, 0.15) is 66.4 Å². The van der Waals surface area contributed by atoms with Gasteiger partial charge in [-0.25, -0.2) is 0 Å². The van der Waals surface area contributed by atoms with Gasteiger partial charge in [-0.1, -0.05) is 78.3 Å². The summed E-state index contributed by atoms with van der Waals surface area (Å²) in [5.74, 6) is -2.91. The number of benzene rings is 1. The van der Waals surface area contributed by atoms with Crippen LogP contribution in [0.15, 0.2) is 30.3 Å². The molecule has 0 saturated carbocycles. The summed E-state index contributed by atoms with van der Waals surface area (Å²) in [6, 6.07) is 6.47. The summed E-state index contributed by atoms with van der Waals surface area (Å²) in [6.07, 6.45) is 2.30. The van der Waals surface area contributed by atoms with E-state index in [4.69, 9.17) is 43.4 Å². The molecule has 0 aliphatic carbocycles. The van der Waals surface area contributed by atoms with Crippen molar-refractivity contribution in [2.24, 2.45) is 40.7 Å². The fourth-order valence-corrected chi connectivity index (χ4v) is 2.67. The highest BCUT2D eigenvalue weighted by Crippen LogP contribution is 2.04. The van der Waals surface area contributed by atoms with Crippen molar-refractivity contribution in [1.29, 1.82) is 0 Å². The van der Waals surface area contributed by atoms with Gasteiger partial charge in [-0.15, -0.1) is 0 Å². The van der Waals surface area contributed by atoms with Crippen molar-refractivity contribution >= 4 is 23.9 Å². The van der Waals surface area contributed by atoms with Gasteiger partial charge in [-0.2, -0.15) is 0 Å². The predicted octanol–water partition coefficient (Wildman–Crippen LogP) is 1.97. The molecule has 12 N–H and O–H groups in total. The predicted molar refractivity (Wildman–Crippen MR) is 151 cm³/mol. The monoisotopic (exact) mass is 558 g/mol. The van der Waals surface area contributed by atoms with Crippen LogP contribution in [-0.4, -0.2) is 68.5 Å². The van der Waals surface area contributed by atoms with Gasteiger partial charge in [0.05, 0.1) is 0 Å². The fourth-order valence-electron chi connectivity index (χ4n) is 2.67. The summed E-state index contributed by atoms with van der Waals surface area (Å²) < 4.78 is 0. The Bertz CT molecular complexity index is 795. The fraction of sp³-hybridized carbons (Fsp3) is 0.630. The number of carboxylic acids is 4. The van der Waals surface area contributed by atoms with Crippen LogP contribution in [0.2, 0.25) is 0 Å². The summed E-state index contributed by atoms with van der Waals surface area (Å²) in [5.41, 5.74) is 22.0. The Morgan fingerprint density at radius 2 is 1.00 bits per heavy atom. The summed E-state index contributed by atoms with van der Waals surface area (Å²) in [7, 11) is 0. The van der Waals surface area contributed by atoms with Gasteiger partial charge in [-0.3, -0.25) is 19.2 Å². The number of nitrogens with two attached hydrogens (primary N) is 4. The molecule has 0 heterocycles. The molecular weight excluding hydrogens is 508 g/mol. The average Bonchev–Trinajstić information content (AvgIpc) is 2.83. The van der Waals surface area contributed by atoms with E-state index in [0.717, 1.165) is 12.0 Å². The van der Waals surface area contributed by atoms with Crippen molar-refractivity contribution in [2.45, 2.75) is 91.4 Å². The lowest BCUT2D eigenvalue weighted by molar-refractivity contribution is -0.140. The first-order chi connectivity index (χ1) is 17.9. The Morgan fingerprint density at radius 1 is 0.641 bits per heavy atom. The minimum Gasteiger partial charge on any atom is -0.480 e. The Balaban J connectivity index is -0.000000448. The number of hydrogen-bond donors (Lipinski definition) is 8. The number of rotatable bonds is 12. The Labute approximate surface area is 231 Å². The molecule has 5 unspecified atom stereocenters. The minimum absolute atomic E-state index is 0.0718. The van der Waals surface area contributed by atoms with E-state index in [2.05, 4.69) is 0 Å². The third-order valence-corrected chi connectivity index (χ3v) is 5.24. The minimum atomic E-state index is -0.959. The van der Waals surface area contributed by atoms with Crippen molar-refractivity contribution < 1.29 is 39.6 Å². The van der Waals surface area contributed by atoms with Crippen LogP contribution in [0.5, 0.6) is 0 Å². The maximum Gasteiger partial charge on any atom is 0.320 e. The number of aliphatic carboxylic acids is 4. The van der Waals surface area contributed by atoms with E-state index < -0.39 is 48.0 Å². The normalized spacial score (nSPS) is 14.1. The zero-order chi connectivity index (χ0) is 31.3. The van der Waals surface area contributed by atoms with Crippen molar-refractivity contribution in [3.63, 3.8) is 0 Å². The van der Waals surface area contributed by atoms with Crippen molar-refractivity contribution in [2.75, 3.05) is 0 Å². The van der Waals surface area contributed by atoms with Crippen LogP contribution in [-0.2, 0) is 25.6 Å². The highest BCUT2D eigenvalue weighted by molar-refractivity contribution is 5.74. The third-order valence-electron chi connectivity index (χ3n) is 5.24. The molecule has 5 atom stereocenters. The van der Waals surface area contributed by atoms with Crippen LogP contribution in [0.4, 0.5) is 0 Å². The van der Waals surface area contributed by atoms with Gasteiger partial charge >= 0.3 is 23.9 Å². The highest BCUT2D eigenvalue weighted by Gasteiger charge is 2.17. The van der Waals surface area contributed by atoms with E-state index in [1.807, 2.05) is 71.9 Å². The quantitative estimate of drug-likeness (QED) is 0.183. The molecule has 12 heteroatoms. The lowest BCUT2D eigenvalue weighted by Crippen LogP contribution is -2.36. The standard InChI is InChI=1S/C9H11NO2.3C6H13NO2/c10-8(9(11)12)6-7-4-2-1-3-5-7;2*1-4(2)3-5(7)6(8)9;1-3-4(2)5(7)6(8)9/h1-5,8H,6,10H2,(H,11,12);3*4-5H,3,7H2,1-2H3,(H,8,9). The van der Waals surface area contributed by atoms with E-state index in [9.17, 15) is 19.2 Å². The Morgan fingerprint density at radius 3 is 1.21 bits per heavy atom. The third kappa shape index (κ3) is 25.0. The molecule has 1 aromatic carbocycles. The Hall–Kier alpha value is -3.06. The topological polar surface area (TPSA) is 253 Å². The molecule has 12 nitrogen and oxygen atoms in total. The molecule has 226 valence electrons. The van der Waals surface area contributed by atoms with Gasteiger partial charge in [0, 0.05) is 0 Å². The molecule has 0 saturated heterocycles. The molecule has 0 radical (unpaired) electrons. The van der Waals surface area contributed by atoms with E-state index in [1.165, 1.54) is 0 Å². The van der Waals surface area contributed by atoms with Crippen molar-refractivity contribution in [3.8, 4) is 0 Å². The maximum atomic E-state index is 10.4. The van der Waals surface area contributed by atoms with Crippen LogP contribution >= 0.6 is 0 Å². The zero-order valence-electron chi connectivity index (χ0n) is 24.0. The van der Waals surface area contributed by atoms with Gasteiger partial charge in [0.1, 0.15) is 24.2 Å². The number of carboxylic acid groups (broad SMARTS) is 4. The largest absolute Gasteiger partial charge is 0.480 e. The van der Waals surface area contributed by atoms with Gasteiger partial charge in [0.25, 0.3) is 0 Å². The average molecular weight is 559 g/mol. The molecule has 0 spiro atoms. The maximum absolute atomic E-state index is 10.4. The smallest absolute Gasteiger partial charge is 0.320 e. The molecule has 0 aromatic heterocycles. The molecule has 0 aliphatic heterocycles. The van der Waals surface area contributed by atoms with Crippen molar-refractivity contribution in [1.82, 2.24) is 0 Å². The Kier molecular flexibility index (Phi) is 23.7. The summed E-state index contributed by atoms with van der Waals surface area (Å²) in [4.78, 5) is 40.8. The molecular formula is C27H50N4O8. The SMILES string of the molecule is CC(C)CC(N)C(=O)O.CC(C)CC(N)C(=O)O.CCC(C)C(N)C(=O)O.NC(Cc1ccccc1)C(=O)O. The molecule has 0 amide bonds. The second-order valence-electron chi connectivity index (χ2n) is 10.0. The molecule has 1 aromatic rings. The van der Waals surface area contributed by atoms with Crippen LogP contribution in [0, 0.1) is 17.8 Å². The van der Waals surface area contributed by atoms with E-state index in [-0.39, 0.29) is 5.92 Å². The van der Waals surface area contributed by atoms with Gasteiger partial charge < -0.3 is 43.4 Å². The first-order valence-electron chi connectivity index (χ1n) is 12.8. The first kappa shape index (κ1) is 40.4. The van der Waals surface area contributed by atoms with E-state index in [1.54, 1.807) is 0 Å². The number of hydrogen-bond acceptors (Lipinski definition) is 8. The van der Waals surface area contributed by atoms with E-state index >= 15 is 0 Å². The second kappa shape index (κ2) is 22.9. The highest BCUT2D eigenvalue weighted by atomic mass is 16.4. The molecule has 0 fully saturated rings. The lowest BCUT2D eigenvalue weighted by Gasteiger charge is -2.11. The summed E-state index contributed by atoms with van der Waals surface area (Å²) >= 11 is 0. The molecule has 0 aliphatic rings. The molecule has 39 heavy (non-hydrogen) atoms. The molecule has 0 bridgehead atoms. The second-order valence-corrected chi connectivity index (χ2v) is 10.0. The molecule has 1 rings (SSSR count). The zero-order valence-corrected chi connectivity index (χ0v) is 24.0. The first-order valence-corrected chi connectivity index (χ1v) is 12.8. The van der Waals surface area contributed by atoms with E-state index in [0.29, 0.717) is 31.1 Å². The van der Waals surface area contributed by atoms with Gasteiger partial charge in [-0.05, 0) is 42.6 Å². The lowest BCUT2D eigenvalue weighted by atomic mass is 10.0. The van der Waals surface area contributed by atoms with Crippen LogP contribution in [0.25, 0.3) is 0 Å². The van der Waals surface area contributed by atoms with Crippen LogP contribution in [0.3, 0.4) is 0 Å².